The van der Waals surface area contributed by atoms with Gasteiger partial charge in [-0.15, -0.1) is 0 Å². The van der Waals surface area contributed by atoms with E-state index in [4.69, 9.17) is 0 Å². The standard InChI is InChI=1S/C17H26N2O/c1-16(2,3)11-12-18-15(20)19-14-9-7-13(8-10-14)17(4,5)6/h7-12H,1-6H3,(H2,18,19,20)/b12-11+. The molecule has 2 N–H and O–H groups in total. The maximum atomic E-state index is 11.7. The van der Waals surface area contributed by atoms with Crippen molar-refractivity contribution in [1.82, 2.24) is 5.32 Å². The zero-order valence-corrected chi connectivity index (χ0v) is 13.4. The highest BCUT2D eigenvalue weighted by Gasteiger charge is 2.13. The fourth-order valence-electron chi connectivity index (χ4n) is 1.59. The first-order valence-corrected chi connectivity index (χ1v) is 6.94. The van der Waals surface area contributed by atoms with Crippen molar-refractivity contribution in [3.05, 3.63) is 42.1 Å². The molecule has 0 fully saturated rings. The highest BCUT2D eigenvalue weighted by molar-refractivity contribution is 5.89. The van der Waals surface area contributed by atoms with Crippen molar-refractivity contribution in [1.29, 1.82) is 0 Å². The number of benzene rings is 1. The molecule has 0 saturated heterocycles. The highest BCUT2D eigenvalue weighted by Crippen LogP contribution is 2.23. The monoisotopic (exact) mass is 274 g/mol. The van der Waals surface area contributed by atoms with Crippen LogP contribution in [0.1, 0.15) is 47.1 Å². The number of carbonyl (C=O) groups excluding carboxylic acids is 1. The van der Waals surface area contributed by atoms with Crippen LogP contribution in [0.15, 0.2) is 36.5 Å². The van der Waals surface area contributed by atoms with Crippen molar-refractivity contribution >= 4 is 11.7 Å². The van der Waals surface area contributed by atoms with E-state index in [1.165, 1.54) is 5.56 Å². The third-order valence-corrected chi connectivity index (χ3v) is 2.81. The maximum Gasteiger partial charge on any atom is 0.323 e. The van der Waals surface area contributed by atoms with E-state index in [1.54, 1.807) is 6.20 Å². The second kappa shape index (κ2) is 6.12. The third kappa shape index (κ3) is 5.91. The van der Waals surface area contributed by atoms with Gasteiger partial charge >= 0.3 is 6.03 Å². The molecule has 0 heterocycles. The van der Waals surface area contributed by atoms with Crippen molar-refractivity contribution in [2.24, 2.45) is 5.41 Å². The van der Waals surface area contributed by atoms with Crippen molar-refractivity contribution in [2.45, 2.75) is 47.0 Å². The Kier molecular flexibility index (Phi) is 4.98. The summed E-state index contributed by atoms with van der Waals surface area (Å²) in [6.07, 6.45) is 3.63. The topological polar surface area (TPSA) is 41.1 Å². The van der Waals surface area contributed by atoms with Gasteiger partial charge in [-0.3, -0.25) is 0 Å². The Morgan fingerprint density at radius 2 is 1.55 bits per heavy atom. The molecule has 3 nitrogen and oxygen atoms in total. The largest absolute Gasteiger partial charge is 0.323 e. The summed E-state index contributed by atoms with van der Waals surface area (Å²) in [6.45, 7) is 12.7. The number of amides is 2. The van der Waals surface area contributed by atoms with E-state index >= 15 is 0 Å². The molecule has 20 heavy (non-hydrogen) atoms. The number of carbonyl (C=O) groups is 1. The van der Waals surface area contributed by atoms with Gasteiger partial charge in [-0.25, -0.2) is 4.79 Å². The van der Waals surface area contributed by atoms with Gasteiger partial charge in [0.1, 0.15) is 0 Å². The first-order chi connectivity index (χ1) is 9.08. The second-order valence-electron chi connectivity index (χ2n) is 7.13. The van der Waals surface area contributed by atoms with Gasteiger partial charge in [-0.05, 0) is 28.5 Å². The summed E-state index contributed by atoms with van der Waals surface area (Å²) < 4.78 is 0. The lowest BCUT2D eigenvalue weighted by atomic mass is 9.87. The number of urea groups is 1. The molecule has 2 amide bonds. The van der Waals surface area contributed by atoms with E-state index in [-0.39, 0.29) is 16.9 Å². The quantitative estimate of drug-likeness (QED) is 0.808. The average Bonchev–Trinajstić information content (AvgIpc) is 2.26. The summed E-state index contributed by atoms with van der Waals surface area (Å²) >= 11 is 0. The lowest BCUT2D eigenvalue weighted by molar-refractivity contribution is 0.255. The summed E-state index contributed by atoms with van der Waals surface area (Å²) in [5, 5.41) is 5.51. The number of nitrogens with one attached hydrogen (secondary N) is 2. The number of hydrogen-bond acceptors (Lipinski definition) is 1. The fraction of sp³-hybridized carbons (Fsp3) is 0.471. The Morgan fingerprint density at radius 1 is 1.00 bits per heavy atom. The minimum atomic E-state index is -0.228. The first-order valence-electron chi connectivity index (χ1n) is 6.94. The number of hydrogen-bond donors (Lipinski definition) is 2. The van der Waals surface area contributed by atoms with Crippen molar-refractivity contribution in [3.8, 4) is 0 Å². The number of allylic oxidation sites excluding steroid dienone is 1. The molecular formula is C17H26N2O. The Labute approximate surface area is 122 Å². The van der Waals surface area contributed by atoms with E-state index in [2.05, 4.69) is 52.2 Å². The second-order valence-corrected chi connectivity index (χ2v) is 7.13. The van der Waals surface area contributed by atoms with E-state index in [9.17, 15) is 4.79 Å². The molecule has 110 valence electrons. The zero-order chi connectivity index (χ0) is 15.4. The van der Waals surface area contributed by atoms with Gasteiger partial charge in [0.2, 0.25) is 0 Å². The van der Waals surface area contributed by atoms with Gasteiger partial charge in [0.15, 0.2) is 0 Å². The van der Waals surface area contributed by atoms with E-state index in [1.807, 2.05) is 30.3 Å². The molecule has 0 aliphatic carbocycles. The van der Waals surface area contributed by atoms with E-state index in [0.717, 1.165) is 5.69 Å². The summed E-state index contributed by atoms with van der Waals surface area (Å²) in [5.74, 6) is 0. The van der Waals surface area contributed by atoms with Gasteiger partial charge in [0.25, 0.3) is 0 Å². The normalized spacial score (nSPS) is 12.5. The molecule has 0 aliphatic heterocycles. The molecule has 0 saturated carbocycles. The molecule has 0 aliphatic rings. The molecule has 0 spiro atoms. The van der Waals surface area contributed by atoms with Gasteiger partial charge in [0.05, 0.1) is 0 Å². The van der Waals surface area contributed by atoms with Crippen LogP contribution in [0.3, 0.4) is 0 Å². The van der Waals surface area contributed by atoms with E-state index < -0.39 is 0 Å². The minimum Gasteiger partial charge on any atom is -0.315 e. The van der Waals surface area contributed by atoms with Crippen LogP contribution >= 0.6 is 0 Å². The molecule has 0 unspecified atom stereocenters. The number of anilines is 1. The lowest BCUT2D eigenvalue weighted by Gasteiger charge is -2.19. The average molecular weight is 274 g/mol. The summed E-state index contributed by atoms with van der Waals surface area (Å²) in [7, 11) is 0. The summed E-state index contributed by atoms with van der Waals surface area (Å²) in [5.41, 5.74) is 2.22. The highest BCUT2D eigenvalue weighted by atomic mass is 16.2. The molecule has 1 aromatic carbocycles. The Bertz CT molecular complexity index is 473. The van der Waals surface area contributed by atoms with Crippen LogP contribution in [0.25, 0.3) is 0 Å². The van der Waals surface area contributed by atoms with Crippen LogP contribution in [0.2, 0.25) is 0 Å². The molecule has 0 radical (unpaired) electrons. The molecule has 3 heteroatoms. The first kappa shape index (κ1) is 16.3. The van der Waals surface area contributed by atoms with Crippen LogP contribution in [0, 0.1) is 5.41 Å². The Hall–Kier alpha value is -1.77. The van der Waals surface area contributed by atoms with Crippen molar-refractivity contribution < 1.29 is 4.79 Å². The zero-order valence-electron chi connectivity index (χ0n) is 13.4. The predicted octanol–water partition coefficient (Wildman–Crippen LogP) is 4.67. The number of rotatable bonds is 2. The van der Waals surface area contributed by atoms with Gasteiger partial charge < -0.3 is 10.6 Å². The van der Waals surface area contributed by atoms with Gasteiger partial charge in [0, 0.05) is 11.9 Å². The third-order valence-electron chi connectivity index (χ3n) is 2.81. The van der Waals surface area contributed by atoms with Crippen molar-refractivity contribution in [2.75, 3.05) is 5.32 Å². The van der Waals surface area contributed by atoms with Crippen LogP contribution < -0.4 is 10.6 Å². The van der Waals surface area contributed by atoms with Crippen molar-refractivity contribution in [3.63, 3.8) is 0 Å². The molecule has 1 aromatic rings. The minimum absolute atomic E-state index is 0.0572. The summed E-state index contributed by atoms with van der Waals surface area (Å²) in [4.78, 5) is 11.7. The predicted molar refractivity (Wildman–Crippen MR) is 85.9 cm³/mol. The molecule has 0 aromatic heterocycles. The van der Waals surface area contributed by atoms with Gasteiger partial charge in [-0.1, -0.05) is 59.8 Å². The summed E-state index contributed by atoms with van der Waals surface area (Å²) in [6, 6.07) is 7.71. The SMILES string of the molecule is CC(C)(C)/C=C/NC(=O)Nc1ccc(C(C)(C)C)cc1. The molecule has 0 bridgehead atoms. The van der Waals surface area contributed by atoms with E-state index in [0.29, 0.717) is 0 Å². The Balaban J connectivity index is 2.57. The van der Waals surface area contributed by atoms with Gasteiger partial charge in [-0.2, -0.15) is 0 Å². The smallest absolute Gasteiger partial charge is 0.315 e. The molecular weight excluding hydrogens is 248 g/mol. The van der Waals surface area contributed by atoms with Crippen LogP contribution in [0.5, 0.6) is 0 Å². The lowest BCUT2D eigenvalue weighted by Crippen LogP contribution is -2.24. The van der Waals surface area contributed by atoms with Crippen LogP contribution in [0.4, 0.5) is 10.5 Å². The van der Waals surface area contributed by atoms with Crippen LogP contribution in [-0.4, -0.2) is 6.03 Å². The fourth-order valence-corrected chi connectivity index (χ4v) is 1.59. The molecule has 0 atom stereocenters. The van der Waals surface area contributed by atoms with Crippen LogP contribution in [-0.2, 0) is 5.41 Å². The Morgan fingerprint density at radius 3 is 2.00 bits per heavy atom. The maximum absolute atomic E-state index is 11.7. The molecule has 1 rings (SSSR count).